The van der Waals surface area contributed by atoms with E-state index in [1.54, 1.807) is 0 Å². The van der Waals surface area contributed by atoms with Crippen molar-refractivity contribution in [3.8, 4) is 0 Å². The molecule has 0 radical (unpaired) electrons. The monoisotopic (exact) mass is 228 g/mol. The maximum Gasteiger partial charge on any atom is 0.222 e. The van der Waals surface area contributed by atoms with Crippen molar-refractivity contribution in [3.63, 3.8) is 0 Å². The quantitative estimate of drug-likeness (QED) is 0.698. The third kappa shape index (κ3) is 4.49. The van der Waals surface area contributed by atoms with Crippen molar-refractivity contribution < 1.29 is 9.90 Å². The fraction of sp³-hybridized carbons (Fsp3) is 0.917. The van der Waals surface area contributed by atoms with Gasteiger partial charge in [-0.1, -0.05) is 0 Å². The van der Waals surface area contributed by atoms with Gasteiger partial charge in [-0.25, -0.2) is 0 Å². The van der Waals surface area contributed by atoms with Gasteiger partial charge in [-0.15, -0.1) is 0 Å². The summed E-state index contributed by atoms with van der Waals surface area (Å²) in [6.07, 6.45) is 3.91. The number of nitrogens with zero attached hydrogens (tertiary/aromatic N) is 1. The molecule has 1 fully saturated rings. The molecule has 2 N–H and O–H groups in total. The molecular formula is C12H24N2O2. The molecule has 0 aliphatic carbocycles. The van der Waals surface area contributed by atoms with Gasteiger partial charge in [0, 0.05) is 19.5 Å². The van der Waals surface area contributed by atoms with Crippen molar-refractivity contribution in [3.05, 3.63) is 0 Å². The molecule has 0 aromatic heterocycles. The number of hydrogen-bond acceptors (Lipinski definition) is 3. The summed E-state index contributed by atoms with van der Waals surface area (Å²) in [5, 5.41) is 13.0. The van der Waals surface area contributed by atoms with Crippen LogP contribution in [0.5, 0.6) is 0 Å². The average Bonchev–Trinajstić information content (AvgIpc) is 2.39. The lowest BCUT2D eigenvalue weighted by Gasteiger charge is -2.22. The molecule has 1 atom stereocenters. The number of amides is 1. The van der Waals surface area contributed by atoms with Crippen molar-refractivity contribution in [2.45, 2.75) is 44.6 Å². The lowest BCUT2D eigenvalue weighted by atomic mass is 9.98. The van der Waals surface area contributed by atoms with Gasteiger partial charge < -0.3 is 15.3 Å². The molecule has 0 spiro atoms. The van der Waals surface area contributed by atoms with Crippen LogP contribution in [0.25, 0.3) is 0 Å². The van der Waals surface area contributed by atoms with E-state index in [9.17, 15) is 9.90 Å². The Morgan fingerprint density at radius 1 is 1.44 bits per heavy atom. The van der Waals surface area contributed by atoms with Gasteiger partial charge in [0.05, 0.1) is 5.60 Å². The zero-order chi connectivity index (χ0) is 12.0. The number of carbonyl (C=O) groups is 1. The number of nitrogens with one attached hydrogen (secondary N) is 1. The zero-order valence-corrected chi connectivity index (χ0v) is 10.5. The molecule has 16 heavy (non-hydrogen) atoms. The van der Waals surface area contributed by atoms with Crippen LogP contribution >= 0.6 is 0 Å². The Hall–Kier alpha value is -0.610. The molecule has 1 heterocycles. The lowest BCUT2D eigenvalue weighted by molar-refractivity contribution is -0.131. The fourth-order valence-electron chi connectivity index (χ4n) is 2.09. The first kappa shape index (κ1) is 13.5. The molecular weight excluding hydrogens is 204 g/mol. The Morgan fingerprint density at radius 3 is 2.88 bits per heavy atom. The van der Waals surface area contributed by atoms with E-state index < -0.39 is 5.60 Å². The minimum atomic E-state index is -0.583. The zero-order valence-electron chi connectivity index (χ0n) is 10.5. The maximum absolute atomic E-state index is 11.9. The number of rotatable bonds is 4. The number of carbonyl (C=O) groups excluding carboxylic acids is 1. The molecule has 1 rings (SSSR count). The van der Waals surface area contributed by atoms with Gasteiger partial charge in [0.15, 0.2) is 0 Å². The first-order valence-corrected chi connectivity index (χ1v) is 6.20. The van der Waals surface area contributed by atoms with E-state index >= 15 is 0 Å². The molecule has 4 heteroatoms. The second-order valence-electron chi connectivity index (χ2n) is 4.94. The SMILES string of the molecule is CNCCCC(=O)N1CCCC(C)(O)CC1. The molecule has 0 aromatic carbocycles. The maximum atomic E-state index is 11.9. The van der Waals surface area contributed by atoms with Crippen LogP contribution in [0, 0.1) is 0 Å². The molecule has 4 nitrogen and oxygen atoms in total. The van der Waals surface area contributed by atoms with Crippen LogP contribution in [0.4, 0.5) is 0 Å². The van der Waals surface area contributed by atoms with Crippen molar-refractivity contribution in [2.24, 2.45) is 0 Å². The number of aliphatic hydroxyl groups is 1. The van der Waals surface area contributed by atoms with E-state index in [4.69, 9.17) is 0 Å². The first-order chi connectivity index (χ1) is 7.55. The second-order valence-corrected chi connectivity index (χ2v) is 4.94. The summed E-state index contributed by atoms with van der Waals surface area (Å²) in [6, 6.07) is 0. The van der Waals surface area contributed by atoms with E-state index in [0.29, 0.717) is 19.4 Å². The highest BCUT2D eigenvalue weighted by Gasteiger charge is 2.26. The van der Waals surface area contributed by atoms with Crippen LogP contribution < -0.4 is 5.32 Å². The Kier molecular flexibility index (Phi) is 5.22. The Morgan fingerprint density at radius 2 is 2.19 bits per heavy atom. The molecule has 0 bridgehead atoms. The van der Waals surface area contributed by atoms with Crippen LogP contribution in [-0.4, -0.2) is 48.2 Å². The van der Waals surface area contributed by atoms with Gasteiger partial charge >= 0.3 is 0 Å². The van der Waals surface area contributed by atoms with Gasteiger partial charge in [-0.3, -0.25) is 4.79 Å². The molecule has 1 unspecified atom stereocenters. The summed E-state index contributed by atoms with van der Waals surface area (Å²) < 4.78 is 0. The highest BCUT2D eigenvalue weighted by Crippen LogP contribution is 2.21. The van der Waals surface area contributed by atoms with Gasteiger partial charge in [0.2, 0.25) is 5.91 Å². The molecule has 0 saturated carbocycles. The normalized spacial score (nSPS) is 26.6. The lowest BCUT2D eigenvalue weighted by Crippen LogP contribution is -2.33. The summed E-state index contributed by atoms with van der Waals surface area (Å²) in [7, 11) is 1.90. The summed E-state index contributed by atoms with van der Waals surface area (Å²) in [5.41, 5.74) is -0.583. The van der Waals surface area contributed by atoms with Gasteiger partial charge in [-0.2, -0.15) is 0 Å². The minimum Gasteiger partial charge on any atom is -0.390 e. The molecule has 1 aliphatic rings. The predicted octanol–water partition coefficient (Wildman–Crippen LogP) is 0.749. The summed E-state index contributed by atoms with van der Waals surface area (Å²) in [6.45, 7) is 4.25. The van der Waals surface area contributed by atoms with Crippen molar-refractivity contribution in [1.82, 2.24) is 10.2 Å². The van der Waals surface area contributed by atoms with E-state index in [-0.39, 0.29) is 5.91 Å². The third-order valence-electron chi connectivity index (χ3n) is 3.23. The van der Waals surface area contributed by atoms with Gasteiger partial charge in [0.25, 0.3) is 0 Å². The van der Waals surface area contributed by atoms with Crippen molar-refractivity contribution >= 4 is 5.91 Å². The van der Waals surface area contributed by atoms with Crippen LogP contribution in [0.3, 0.4) is 0 Å². The minimum absolute atomic E-state index is 0.230. The van der Waals surface area contributed by atoms with E-state index in [1.807, 2.05) is 18.9 Å². The van der Waals surface area contributed by atoms with E-state index in [2.05, 4.69) is 5.32 Å². The summed E-state index contributed by atoms with van der Waals surface area (Å²) in [4.78, 5) is 13.8. The van der Waals surface area contributed by atoms with Gasteiger partial charge in [0.1, 0.15) is 0 Å². The van der Waals surface area contributed by atoms with Gasteiger partial charge in [-0.05, 0) is 46.2 Å². The predicted molar refractivity (Wildman–Crippen MR) is 64.2 cm³/mol. The molecule has 1 amide bonds. The number of hydrogen-bond donors (Lipinski definition) is 2. The van der Waals surface area contributed by atoms with Crippen LogP contribution in [0.2, 0.25) is 0 Å². The van der Waals surface area contributed by atoms with Crippen LogP contribution in [0.1, 0.15) is 39.0 Å². The first-order valence-electron chi connectivity index (χ1n) is 6.20. The third-order valence-corrected chi connectivity index (χ3v) is 3.23. The summed E-state index contributed by atoms with van der Waals surface area (Å²) >= 11 is 0. The fourth-order valence-corrected chi connectivity index (χ4v) is 2.09. The highest BCUT2D eigenvalue weighted by atomic mass is 16.3. The molecule has 1 aliphatic heterocycles. The smallest absolute Gasteiger partial charge is 0.222 e. The molecule has 1 saturated heterocycles. The number of likely N-dealkylation sites (tertiary alicyclic amines) is 1. The van der Waals surface area contributed by atoms with E-state index in [1.165, 1.54) is 0 Å². The topological polar surface area (TPSA) is 52.6 Å². The van der Waals surface area contributed by atoms with Crippen molar-refractivity contribution in [1.29, 1.82) is 0 Å². The second kappa shape index (κ2) is 6.21. The van der Waals surface area contributed by atoms with Crippen molar-refractivity contribution in [2.75, 3.05) is 26.7 Å². The summed E-state index contributed by atoms with van der Waals surface area (Å²) in [5.74, 6) is 0.230. The Bertz CT molecular complexity index is 229. The highest BCUT2D eigenvalue weighted by molar-refractivity contribution is 5.76. The molecule has 94 valence electrons. The standard InChI is InChI=1S/C12H24N2O2/c1-12(16)6-4-9-14(10-7-12)11(15)5-3-8-13-2/h13,16H,3-10H2,1-2H3. The Labute approximate surface area is 98.0 Å². The largest absolute Gasteiger partial charge is 0.390 e. The van der Waals surface area contributed by atoms with Crippen LogP contribution in [-0.2, 0) is 4.79 Å². The average molecular weight is 228 g/mol. The van der Waals surface area contributed by atoms with Crippen LogP contribution in [0.15, 0.2) is 0 Å². The van der Waals surface area contributed by atoms with E-state index in [0.717, 1.165) is 32.4 Å². The molecule has 0 aromatic rings. The Balaban J connectivity index is 2.33.